The van der Waals surface area contributed by atoms with E-state index >= 15 is 0 Å². The summed E-state index contributed by atoms with van der Waals surface area (Å²) < 4.78 is 9.86. The summed E-state index contributed by atoms with van der Waals surface area (Å²) in [6, 6.07) is 4.69. The number of nitro benzene ring substituents is 1. The average Bonchev–Trinajstić information content (AvgIpc) is 3.28. The Bertz CT molecular complexity index is 784. The van der Waals surface area contributed by atoms with Crippen LogP contribution < -0.4 is 4.90 Å². The highest BCUT2D eigenvalue weighted by molar-refractivity contribution is 5.72. The quantitative estimate of drug-likeness (QED) is 0.423. The summed E-state index contributed by atoms with van der Waals surface area (Å²) in [5.74, 6) is -0.776. The second-order valence-electron chi connectivity index (χ2n) is 7.07. The molecule has 0 spiro atoms. The number of likely N-dealkylation sites (tertiary alicyclic amines) is 1. The molecular weight excluding hydrogens is 370 g/mol. The van der Waals surface area contributed by atoms with Gasteiger partial charge in [0, 0.05) is 38.2 Å². The Balaban J connectivity index is 1.87. The van der Waals surface area contributed by atoms with Crippen molar-refractivity contribution in [2.45, 2.75) is 30.8 Å². The Morgan fingerprint density at radius 3 is 2.61 bits per heavy atom. The zero-order valence-electron chi connectivity index (χ0n) is 15.7. The molecule has 3 rings (SSSR count). The number of benzene rings is 1. The van der Waals surface area contributed by atoms with Gasteiger partial charge in [-0.05, 0) is 18.1 Å². The molecule has 1 aromatic rings. The van der Waals surface area contributed by atoms with Crippen LogP contribution in [-0.4, -0.2) is 73.0 Å². The van der Waals surface area contributed by atoms with Crippen LogP contribution in [0.1, 0.15) is 24.3 Å². The fraction of sp³-hybridized carbons (Fsp3) is 0.556. The predicted molar refractivity (Wildman–Crippen MR) is 98.6 cm³/mol. The molecule has 2 fully saturated rings. The Morgan fingerprint density at radius 2 is 2.07 bits per heavy atom. The van der Waals surface area contributed by atoms with Crippen molar-refractivity contribution in [3.05, 3.63) is 33.9 Å². The van der Waals surface area contributed by atoms with Crippen LogP contribution in [0.5, 0.6) is 0 Å². The van der Waals surface area contributed by atoms with Crippen molar-refractivity contribution in [2.24, 2.45) is 0 Å². The number of esters is 1. The molecule has 1 N–H and O–H groups in total. The lowest BCUT2D eigenvalue weighted by Gasteiger charge is -2.34. The number of hydrogen-bond donors (Lipinski definition) is 1. The molecule has 10 nitrogen and oxygen atoms in total. The highest BCUT2D eigenvalue weighted by atomic mass is 16.6. The number of methoxy groups -OCH3 is 2. The molecular formula is C18H23N3O7. The number of nitrogens with zero attached hydrogens (tertiary/aromatic N) is 3. The minimum absolute atomic E-state index is 0.0575. The molecule has 0 aliphatic carbocycles. The minimum atomic E-state index is -0.956. The number of fused-ring (bicyclic) bond motifs is 2. The number of carbonyl (C=O) groups is 2. The number of anilines is 1. The Morgan fingerprint density at radius 1 is 1.32 bits per heavy atom. The Kier molecular flexibility index (Phi) is 5.68. The zero-order valence-corrected chi connectivity index (χ0v) is 15.7. The van der Waals surface area contributed by atoms with Crippen LogP contribution in [0.4, 0.5) is 16.2 Å². The summed E-state index contributed by atoms with van der Waals surface area (Å²) in [5.41, 5.74) is 1.04. The van der Waals surface area contributed by atoms with Gasteiger partial charge in [-0.25, -0.2) is 4.79 Å². The van der Waals surface area contributed by atoms with Gasteiger partial charge in [-0.15, -0.1) is 0 Å². The van der Waals surface area contributed by atoms with Crippen molar-refractivity contribution in [3.63, 3.8) is 0 Å². The van der Waals surface area contributed by atoms with E-state index < -0.39 is 17.0 Å². The van der Waals surface area contributed by atoms with Crippen molar-refractivity contribution in [1.29, 1.82) is 0 Å². The smallest absolute Gasteiger partial charge is 0.407 e. The standard InChI is InChI=1S/C18H23N3O7/c1-27-10-12(6-17(22)28-2)11-3-4-15(16(5-11)21(25)26)19-8-14-7-13(19)9-20(14)18(23)24/h3-5,12-14H,6-10H2,1-2H3,(H,23,24). The summed E-state index contributed by atoms with van der Waals surface area (Å²) in [4.78, 5) is 37.5. The van der Waals surface area contributed by atoms with Gasteiger partial charge in [0.15, 0.2) is 0 Å². The van der Waals surface area contributed by atoms with Crippen LogP contribution in [0.25, 0.3) is 0 Å². The summed E-state index contributed by atoms with van der Waals surface area (Å²) in [6.45, 7) is 1.00. The molecule has 2 aliphatic rings. The average molecular weight is 393 g/mol. The van der Waals surface area contributed by atoms with E-state index in [1.54, 1.807) is 12.1 Å². The first-order valence-electron chi connectivity index (χ1n) is 8.96. The van der Waals surface area contributed by atoms with Gasteiger partial charge in [0.1, 0.15) is 5.69 Å². The number of nitro groups is 1. The molecule has 0 aromatic heterocycles. The van der Waals surface area contributed by atoms with E-state index in [1.807, 2.05) is 4.90 Å². The first-order chi connectivity index (χ1) is 13.3. The summed E-state index contributed by atoms with van der Waals surface area (Å²) in [7, 11) is 2.79. The van der Waals surface area contributed by atoms with Gasteiger partial charge in [-0.1, -0.05) is 6.07 Å². The fourth-order valence-electron chi connectivity index (χ4n) is 4.14. The summed E-state index contributed by atoms with van der Waals surface area (Å²) in [5, 5.41) is 20.9. The highest BCUT2D eigenvalue weighted by Crippen LogP contribution is 2.40. The van der Waals surface area contributed by atoms with E-state index in [-0.39, 0.29) is 36.7 Å². The molecule has 10 heteroatoms. The number of rotatable bonds is 7. The number of amides is 1. The maximum Gasteiger partial charge on any atom is 0.407 e. The summed E-state index contributed by atoms with van der Waals surface area (Å²) >= 11 is 0. The molecule has 0 saturated carbocycles. The molecule has 2 heterocycles. The second-order valence-corrected chi connectivity index (χ2v) is 7.07. The zero-order chi connectivity index (χ0) is 20.4. The topological polar surface area (TPSA) is 122 Å². The highest BCUT2D eigenvalue weighted by Gasteiger charge is 2.46. The number of carbonyl (C=O) groups excluding carboxylic acids is 1. The van der Waals surface area contributed by atoms with Gasteiger partial charge in [-0.3, -0.25) is 14.9 Å². The van der Waals surface area contributed by atoms with E-state index in [0.717, 1.165) is 0 Å². The SMILES string of the molecule is COCC(CC(=O)OC)c1ccc(N2CC3CC2CN3C(=O)O)c([N+](=O)[O-])c1. The third-order valence-corrected chi connectivity index (χ3v) is 5.47. The molecule has 152 valence electrons. The molecule has 3 unspecified atom stereocenters. The first kappa shape index (κ1) is 19.9. The number of carboxylic acid groups (broad SMARTS) is 1. The van der Waals surface area contributed by atoms with E-state index in [2.05, 4.69) is 0 Å². The van der Waals surface area contributed by atoms with Gasteiger partial charge >= 0.3 is 12.1 Å². The fourth-order valence-corrected chi connectivity index (χ4v) is 4.14. The van der Waals surface area contributed by atoms with Crippen LogP contribution in [0, 0.1) is 10.1 Å². The lowest BCUT2D eigenvalue weighted by Crippen LogP contribution is -2.48. The number of piperazine rings is 1. The van der Waals surface area contributed by atoms with Crippen LogP contribution >= 0.6 is 0 Å². The van der Waals surface area contributed by atoms with Crippen LogP contribution in [0.15, 0.2) is 18.2 Å². The molecule has 3 atom stereocenters. The van der Waals surface area contributed by atoms with Crippen LogP contribution in [0.2, 0.25) is 0 Å². The maximum atomic E-state index is 11.7. The van der Waals surface area contributed by atoms with Gasteiger partial charge < -0.3 is 24.4 Å². The molecule has 2 saturated heterocycles. The number of hydrogen-bond acceptors (Lipinski definition) is 7. The molecule has 0 radical (unpaired) electrons. The van der Waals surface area contributed by atoms with Crippen molar-refractivity contribution in [3.8, 4) is 0 Å². The lowest BCUT2D eigenvalue weighted by molar-refractivity contribution is -0.384. The number of ether oxygens (including phenoxy) is 2. The largest absolute Gasteiger partial charge is 0.469 e. The van der Waals surface area contributed by atoms with Crippen LogP contribution in [0.3, 0.4) is 0 Å². The monoisotopic (exact) mass is 393 g/mol. The normalized spacial score (nSPS) is 21.6. The van der Waals surface area contributed by atoms with E-state index in [4.69, 9.17) is 9.47 Å². The van der Waals surface area contributed by atoms with Gasteiger partial charge in [0.2, 0.25) is 0 Å². The summed E-state index contributed by atoms with van der Waals surface area (Å²) in [6.07, 6.45) is -0.231. The maximum absolute atomic E-state index is 11.7. The van der Waals surface area contributed by atoms with Crippen molar-refractivity contribution in [1.82, 2.24) is 4.90 Å². The Hall–Kier alpha value is -2.88. The van der Waals surface area contributed by atoms with E-state index in [1.165, 1.54) is 25.2 Å². The molecule has 1 amide bonds. The molecule has 2 bridgehead atoms. The van der Waals surface area contributed by atoms with Gasteiger partial charge in [-0.2, -0.15) is 0 Å². The van der Waals surface area contributed by atoms with Crippen molar-refractivity contribution >= 4 is 23.4 Å². The third kappa shape index (κ3) is 3.72. The second kappa shape index (κ2) is 8.01. The lowest BCUT2D eigenvalue weighted by atomic mass is 9.95. The van der Waals surface area contributed by atoms with Crippen molar-refractivity contribution in [2.75, 3.05) is 38.8 Å². The minimum Gasteiger partial charge on any atom is -0.469 e. The predicted octanol–water partition coefficient (Wildman–Crippen LogP) is 1.83. The third-order valence-electron chi connectivity index (χ3n) is 5.47. The van der Waals surface area contributed by atoms with E-state index in [9.17, 15) is 24.8 Å². The van der Waals surface area contributed by atoms with Gasteiger partial charge in [0.05, 0.1) is 31.1 Å². The first-order valence-corrected chi connectivity index (χ1v) is 8.96. The van der Waals surface area contributed by atoms with E-state index in [0.29, 0.717) is 30.8 Å². The molecule has 2 aliphatic heterocycles. The Labute approximate surface area is 161 Å². The van der Waals surface area contributed by atoms with Gasteiger partial charge in [0.25, 0.3) is 5.69 Å². The van der Waals surface area contributed by atoms with Crippen molar-refractivity contribution < 1.29 is 29.1 Å². The molecule has 1 aromatic carbocycles. The molecule has 28 heavy (non-hydrogen) atoms. The van der Waals surface area contributed by atoms with Crippen LogP contribution in [-0.2, 0) is 14.3 Å².